The van der Waals surface area contributed by atoms with Gasteiger partial charge in [0.25, 0.3) is 10.0 Å². The molecule has 0 aliphatic rings. The standard InChI is InChI=1S/C28H30Cl3N3O5S/c1-4-15-32-28(36)19(2)33(17-22-23(29)11-8-12-24(22)30)27(35)18-34(20-13-14-26(39-3)25(31)16-20)40(37,38)21-9-6-5-7-10-21/h5-14,16,19H,4,15,17-18H2,1-3H3,(H,32,36). The molecule has 214 valence electrons. The van der Waals surface area contributed by atoms with Crippen LogP contribution in [0.4, 0.5) is 5.69 Å². The fourth-order valence-corrected chi connectivity index (χ4v) is 6.09. The lowest BCUT2D eigenvalue weighted by Crippen LogP contribution is -2.51. The van der Waals surface area contributed by atoms with Gasteiger partial charge in [0.1, 0.15) is 18.3 Å². The number of hydrogen-bond acceptors (Lipinski definition) is 5. The second-order valence-electron chi connectivity index (χ2n) is 8.83. The van der Waals surface area contributed by atoms with Gasteiger partial charge in [0.05, 0.1) is 22.7 Å². The number of carbonyl (C=O) groups excluding carboxylic acids is 2. The van der Waals surface area contributed by atoms with Gasteiger partial charge < -0.3 is 15.0 Å². The van der Waals surface area contributed by atoms with Gasteiger partial charge in [-0.1, -0.05) is 66.0 Å². The van der Waals surface area contributed by atoms with Crippen LogP contribution in [0.15, 0.2) is 71.6 Å². The number of halogens is 3. The van der Waals surface area contributed by atoms with E-state index in [9.17, 15) is 18.0 Å². The number of nitrogens with one attached hydrogen (secondary N) is 1. The molecule has 3 aromatic carbocycles. The zero-order valence-electron chi connectivity index (χ0n) is 22.2. The van der Waals surface area contributed by atoms with E-state index in [-0.39, 0.29) is 22.2 Å². The van der Waals surface area contributed by atoms with Gasteiger partial charge >= 0.3 is 0 Å². The van der Waals surface area contributed by atoms with Crippen molar-refractivity contribution in [2.24, 2.45) is 0 Å². The maximum Gasteiger partial charge on any atom is 0.264 e. The van der Waals surface area contributed by atoms with Crippen molar-refractivity contribution in [1.82, 2.24) is 10.2 Å². The third-order valence-electron chi connectivity index (χ3n) is 6.14. The molecule has 0 saturated heterocycles. The van der Waals surface area contributed by atoms with E-state index in [1.165, 1.54) is 42.3 Å². The summed E-state index contributed by atoms with van der Waals surface area (Å²) in [6, 6.07) is 16.1. The van der Waals surface area contributed by atoms with Crippen molar-refractivity contribution in [3.8, 4) is 5.75 Å². The molecule has 0 aromatic heterocycles. The molecule has 1 unspecified atom stereocenters. The summed E-state index contributed by atoms with van der Waals surface area (Å²) in [7, 11) is -2.80. The van der Waals surface area contributed by atoms with E-state index < -0.39 is 34.4 Å². The van der Waals surface area contributed by atoms with Crippen LogP contribution in [-0.4, -0.2) is 51.4 Å². The first-order valence-electron chi connectivity index (χ1n) is 12.4. The molecule has 0 aliphatic carbocycles. The number of amides is 2. The van der Waals surface area contributed by atoms with Crippen LogP contribution < -0.4 is 14.4 Å². The molecule has 12 heteroatoms. The minimum Gasteiger partial charge on any atom is -0.495 e. The van der Waals surface area contributed by atoms with Crippen LogP contribution in [0, 0.1) is 0 Å². The van der Waals surface area contributed by atoms with Gasteiger partial charge in [0.2, 0.25) is 11.8 Å². The summed E-state index contributed by atoms with van der Waals surface area (Å²) in [5.41, 5.74) is 0.570. The van der Waals surface area contributed by atoms with E-state index in [0.717, 1.165) is 4.31 Å². The topological polar surface area (TPSA) is 96.0 Å². The molecule has 2 amide bonds. The van der Waals surface area contributed by atoms with Crippen LogP contribution in [-0.2, 0) is 26.2 Å². The van der Waals surface area contributed by atoms with Gasteiger partial charge in [0.15, 0.2) is 0 Å². The van der Waals surface area contributed by atoms with Gasteiger partial charge in [0, 0.05) is 28.7 Å². The first-order chi connectivity index (χ1) is 19.0. The zero-order chi connectivity index (χ0) is 29.4. The number of nitrogens with zero attached hydrogens (tertiary/aromatic N) is 2. The predicted octanol–water partition coefficient (Wildman–Crippen LogP) is 5.79. The lowest BCUT2D eigenvalue weighted by Gasteiger charge is -2.32. The number of methoxy groups -OCH3 is 1. The molecule has 0 aliphatic heterocycles. The minimum absolute atomic E-state index is 0.0239. The van der Waals surface area contributed by atoms with Crippen LogP contribution in [0.2, 0.25) is 15.1 Å². The van der Waals surface area contributed by atoms with Crippen molar-refractivity contribution in [1.29, 1.82) is 0 Å². The van der Waals surface area contributed by atoms with Gasteiger partial charge in [-0.05, 0) is 55.8 Å². The lowest BCUT2D eigenvalue weighted by molar-refractivity contribution is -0.139. The Balaban J connectivity index is 2.08. The zero-order valence-corrected chi connectivity index (χ0v) is 25.3. The van der Waals surface area contributed by atoms with Crippen LogP contribution in [0.1, 0.15) is 25.8 Å². The normalized spacial score (nSPS) is 11.9. The summed E-state index contributed by atoms with van der Waals surface area (Å²) in [5, 5.41) is 3.56. The van der Waals surface area contributed by atoms with E-state index in [1.807, 2.05) is 6.92 Å². The highest BCUT2D eigenvalue weighted by atomic mass is 35.5. The molecule has 40 heavy (non-hydrogen) atoms. The molecule has 0 spiro atoms. The Kier molecular flexibility index (Phi) is 11.1. The fraction of sp³-hybridized carbons (Fsp3) is 0.286. The van der Waals surface area contributed by atoms with Crippen LogP contribution >= 0.6 is 34.8 Å². The van der Waals surface area contributed by atoms with Crippen molar-refractivity contribution in [2.75, 3.05) is 24.5 Å². The highest BCUT2D eigenvalue weighted by Gasteiger charge is 2.33. The fourth-order valence-electron chi connectivity index (χ4n) is 3.89. The van der Waals surface area contributed by atoms with E-state index in [4.69, 9.17) is 39.5 Å². The quantitative estimate of drug-likeness (QED) is 0.274. The Morgan fingerprint density at radius 1 is 0.950 bits per heavy atom. The summed E-state index contributed by atoms with van der Waals surface area (Å²) in [4.78, 5) is 28.2. The number of carbonyl (C=O) groups is 2. The average molecular weight is 627 g/mol. The molecular weight excluding hydrogens is 597 g/mol. The highest BCUT2D eigenvalue weighted by molar-refractivity contribution is 7.92. The monoisotopic (exact) mass is 625 g/mol. The smallest absolute Gasteiger partial charge is 0.264 e. The Morgan fingerprint density at radius 3 is 2.17 bits per heavy atom. The third kappa shape index (κ3) is 7.40. The number of hydrogen-bond donors (Lipinski definition) is 1. The number of sulfonamides is 1. The Morgan fingerprint density at radius 2 is 1.60 bits per heavy atom. The number of ether oxygens (including phenoxy) is 1. The molecule has 0 fully saturated rings. The summed E-state index contributed by atoms with van der Waals surface area (Å²) >= 11 is 19.1. The van der Waals surface area contributed by atoms with Gasteiger partial charge in [-0.15, -0.1) is 0 Å². The molecule has 1 N–H and O–H groups in total. The molecule has 3 rings (SSSR count). The maximum absolute atomic E-state index is 14.0. The molecule has 0 saturated carbocycles. The second kappa shape index (κ2) is 14.1. The molecule has 0 radical (unpaired) electrons. The molecule has 1 atom stereocenters. The van der Waals surface area contributed by atoms with Crippen molar-refractivity contribution >= 4 is 62.3 Å². The molecule has 3 aromatic rings. The van der Waals surface area contributed by atoms with Gasteiger partial charge in [-0.25, -0.2) is 8.42 Å². The molecule has 0 bridgehead atoms. The Hall–Kier alpha value is -2.98. The Labute approximate surface area is 249 Å². The molecule has 0 heterocycles. The van der Waals surface area contributed by atoms with Crippen molar-refractivity contribution < 1.29 is 22.7 Å². The number of benzene rings is 3. The number of rotatable bonds is 12. The largest absolute Gasteiger partial charge is 0.495 e. The molecule has 8 nitrogen and oxygen atoms in total. The van der Waals surface area contributed by atoms with Crippen LogP contribution in [0.3, 0.4) is 0 Å². The highest BCUT2D eigenvalue weighted by Crippen LogP contribution is 2.32. The molecular formula is C28H30Cl3N3O5S. The van der Waals surface area contributed by atoms with Gasteiger partial charge in [-0.3, -0.25) is 13.9 Å². The number of anilines is 1. The van der Waals surface area contributed by atoms with Crippen LogP contribution in [0.5, 0.6) is 5.75 Å². The lowest BCUT2D eigenvalue weighted by atomic mass is 10.1. The van der Waals surface area contributed by atoms with Gasteiger partial charge in [-0.2, -0.15) is 0 Å². The first kappa shape index (κ1) is 31.5. The maximum atomic E-state index is 14.0. The first-order valence-corrected chi connectivity index (χ1v) is 15.0. The second-order valence-corrected chi connectivity index (χ2v) is 11.9. The SMILES string of the molecule is CCCNC(=O)C(C)N(Cc1c(Cl)cccc1Cl)C(=O)CN(c1ccc(OC)c(Cl)c1)S(=O)(=O)c1ccccc1. The van der Waals surface area contributed by atoms with E-state index >= 15 is 0 Å². The van der Waals surface area contributed by atoms with Crippen molar-refractivity contribution in [3.05, 3.63) is 87.4 Å². The minimum atomic E-state index is -4.23. The summed E-state index contributed by atoms with van der Waals surface area (Å²) in [6.07, 6.45) is 0.698. The van der Waals surface area contributed by atoms with Crippen molar-refractivity contribution in [2.45, 2.75) is 37.8 Å². The summed E-state index contributed by atoms with van der Waals surface area (Å²) in [5.74, 6) is -0.713. The van der Waals surface area contributed by atoms with E-state index in [1.54, 1.807) is 43.3 Å². The van der Waals surface area contributed by atoms with Crippen LogP contribution in [0.25, 0.3) is 0 Å². The van der Waals surface area contributed by atoms with Crippen molar-refractivity contribution in [3.63, 3.8) is 0 Å². The van der Waals surface area contributed by atoms with E-state index in [2.05, 4.69) is 5.32 Å². The van der Waals surface area contributed by atoms with E-state index in [0.29, 0.717) is 34.3 Å². The average Bonchev–Trinajstić information content (AvgIpc) is 2.94. The summed E-state index contributed by atoms with van der Waals surface area (Å²) < 4.78 is 33.8. The Bertz CT molecular complexity index is 1430. The third-order valence-corrected chi connectivity index (χ3v) is 8.93. The predicted molar refractivity (Wildman–Crippen MR) is 159 cm³/mol. The summed E-state index contributed by atoms with van der Waals surface area (Å²) in [6.45, 7) is 3.13.